The van der Waals surface area contributed by atoms with Crippen LogP contribution in [0.4, 0.5) is 94.8 Å². The van der Waals surface area contributed by atoms with E-state index in [9.17, 15) is 83.4 Å². The molecule has 0 amide bonds. The zero-order valence-corrected chi connectivity index (χ0v) is 17.9. The molecule has 4 N–H and O–H groups in total. The van der Waals surface area contributed by atoms with Gasteiger partial charge in [0.1, 0.15) is 5.75 Å². The first kappa shape index (κ1) is 34.1. The molecule has 0 aromatic heterocycles. The van der Waals surface area contributed by atoms with E-state index < -0.39 is 82.2 Å². The van der Waals surface area contributed by atoms with Gasteiger partial charge in [-0.1, -0.05) is 0 Å². The van der Waals surface area contributed by atoms with E-state index in [0.29, 0.717) is 6.07 Å². The number of hydrogen-bond donors (Lipinski definition) is 2. The van der Waals surface area contributed by atoms with Crippen molar-refractivity contribution < 1.29 is 88.2 Å². The van der Waals surface area contributed by atoms with Crippen LogP contribution >= 0.6 is 0 Å². The Kier molecular flexibility index (Phi) is 8.13. The van der Waals surface area contributed by atoms with E-state index >= 15 is 0 Å². The molecule has 1 rings (SSSR count). The predicted molar refractivity (Wildman–Crippen MR) is 90.6 cm³/mol. The summed E-state index contributed by atoms with van der Waals surface area (Å²) < 4.78 is 256. The Morgan fingerprint density at radius 1 is 0.590 bits per heavy atom. The van der Waals surface area contributed by atoms with Crippen LogP contribution in [-0.2, 0) is 0 Å². The minimum Gasteiger partial charge on any atom is -0.429 e. The number of alkyl halides is 17. The standard InChI is InChI=1S/C17H9F19N2O/c1-4-6(38)2-5(37)3-7(4)39-9(19)8(18)10(20,21)11(22,23)12(24,25)13(26,27)14(28,29)15(30,31)16(32,33)17(34,35)36/h2-3H,37-38H2,1H3. The molecule has 0 aliphatic rings. The smallest absolute Gasteiger partial charge is 0.429 e. The fourth-order valence-electron chi connectivity index (χ4n) is 2.40. The Hall–Kier alpha value is -2.97. The number of nitrogens with two attached hydrogens (primary N) is 2. The molecule has 0 saturated heterocycles. The van der Waals surface area contributed by atoms with Gasteiger partial charge in [0.15, 0.2) is 0 Å². The molecule has 39 heavy (non-hydrogen) atoms. The first-order valence-electron chi connectivity index (χ1n) is 8.98. The van der Waals surface area contributed by atoms with Crippen LogP contribution in [0.3, 0.4) is 0 Å². The van der Waals surface area contributed by atoms with Gasteiger partial charge >= 0.3 is 53.6 Å². The molecule has 0 bridgehead atoms. The van der Waals surface area contributed by atoms with E-state index in [-0.39, 0.29) is 0 Å². The SMILES string of the molecule is Cc1c(N)cc(N)cc1OC(F)=C(F)C(F)(F)C(F)(F)C(F)(F)C(F)(F)C(F)(F)C(F)(F)C(F)(F)C(F)(F)F. The highest BCUT2D eigenvalue weighted by Crippen LogP contribution is 2.64. The highest BCUT2D eigenvalue weighted by atomic mass is 19.4. The fraction of sp³-hybridized carbons (Fsp3) is 0.529. The zero-order valence-electron chi connectivity index (χ0n) is 17.9. The van der Waals surface area contributed by atoms with Gasteiger partial charge in [-0.3, -0.25) is 0 Å². The van der Waals surface area contributed by atoms with Gasteiger partial charge in [0.2, 0.25) is 5.83 Å². The summed E-state index contributed by atoms with van der Waals surface area (Å²) in [6, 6.07) is -2.39. The topological polar surface area (TPSA) is 61.3 Å². The van der Waals surface area contributed by atoms with E-state index in [2.05, 4.69) is 4.74 Å². The lowest BCUT2D eigenvalue weighted by Gasteiger charge is -2.42. The molecule has 1 aromatic rings. The molecule has 0 aliphatic carbocycles. The summed E-state index contributed by atoms with van der Waals surface area (Å²) in [5, 5.41) is 0. The van der Waals surface area contributed by atoms with E-state index in [1.165, 1.54) is 0 Å². The highest BCUT2D eigenvalue weighted by molar-refractivity contribution is 5.62. The summed E-state index contributed by atoms with van der Waals surface area (Å²) in [5.41, 5.74) is 8.90. The van der Waals surface area contributed by atoms with Gasteiger partial charge in [-0.15, -0.1) is 0 Å². The normalized spacial score (nSPS) is 15.8. The van der Waals surface area contributed by atoms with E-state index in [4.69, 9.17) is 11.5 Å². The number of benzene rings is 1. The molecular weight excluding hydrogens is 609 g/mol. The van der Waals surface area contributed by atoms with Gasteiger partial charge < -0.3 is 16.2 Å². The molecule has 22 heteroatoms. The second kappa shape index (κ2) is 9.30. The van der Waals surface area contributed by atoms with Crippen molar-refractivity contribution in [3.8, 4) is 5.75 Å². The fourth-order valence-corrected chi connectivity index (χ4v) is 2.40. The van der Waals surface area contributed by atoms with Crippen molar-refractivity contribution >= 4 is 11.4 Å². The monoisotopic (exact) mass is 618 g/mol. The van der Waals surface area contributed by atoms with E-state index in [1.54, 1.807) is 0 Å². The predicted octanol–water partition coefficient (Wildman–Crippen LogP) is 7.66. The van der Waals surface area contributed by atoms with Crippen molar-refractivity contribution in [1.29, 1.82) is 0 Å². The minimum atomic E-state index is -8.94. The summed E-state index contributed by atoms with van der Waals surface area (Å²) >= 11 is 0. The van der Waals surface area contributed by atoms with Gasteiger partial charge in [-0.25, -0.2) is 0 Å². The van der Waals surface area contributed by atoms with Crippen LogP contribution in [0.25, 0.3) is 0 Å². The molecule has 0 fully saturated rings. The molecule has 1 aromatic carbocycles. The first-order valence-corrected chi connectivity index (χ1v) is 8.98. The lowest BCUT2D eigenvalue weighted by molar-refractivity contribution is -0.460. The highest BCUT2D eigenvalue weighted by Gasteiger charge is 2.95. The number of rotatable bonds is 9. The Morgan fingerprint density at radius 3 is 1.33 bits per heavy atom. The largest absolute Gasteiger partial charge is 0.460 e. The Labute approximate surface area is 202 Å². The number of ether oxygens (including phenoxy) is 1. The van der Waals surface area contributed by atoms with E-state index in [1.807, 2.05) is 0 Å². The molecule has 0 atom stereocenters. The first-order chi connectivity index (χ1) is 16.9. The molecule has 0 radical (unpaired) electrons. The van der Waals surface area contributed by atoms with Crippen molar-refractivity contribution in [2.45, 2.75) is 54.6 Å². The quantitative estimate of drug-likeness (QED) is 0.170. The molecule has 3 nitrogen and oxygen atoms in total. The molecule has 0 saturated carbocycles. The average molecular weight is 618 g/mol. The number of allylic oxidation sites excluding steroid dienone is 1. The van der Waals surface area contributed by atoms with Crippen LogP contribution in [-0.4, -0.2) is 47.6 Å². The van der Waals surface area contributed by atoms with Gasteiger partial charge in [0.25, 0.3) is 0 Å². The van der Waals surface area contributed by atoms with Gasteiger partial charge in [-0.2, -0.15) is 83.4 Å². The summed E-state index contributed by atoms with van der Waals surface area (Å²) in [6.07, 6.45) is -7.92. The summed E-state index contributed by atoms with van der Waals surface area (Å²) in [6.45, 7) is 0.843. The van der Waals surface area contributed by atoms with Gasteiger partial charge in [0, 0.05) is 23.0 Å². The van der Waals surface area contributed by atoms with Crippen molar-refractivity contribution in [3.63, 3.8) is 0 Å². The zero-order chi connectivity index (χ0) is 31.6. The number of anilines is 2. The van der Waals surface area contributed by atoms with Crippen molar-refractivity contribution in [2.75, 3.05) is 11.5 Å². The van der Waals surface area contributed by atoms with Crippen LogP contribution in [0.2, 0.25) is 0 Å². The maximum atomic E-state index is 13.8. The molecule has 0 heterocycles. The molecule has 0 aliphatic heterocycles. The maximum Gasteiger partial charge on any atom is 0.460 e. The second-order valence-electron chi connectivity index (χ2n) is 7.44. The third-order valence-corrected chi connectivity index (χ3v) is 4.79. The summed E-state index contributed by atoms with van der Waals surface area (Å²) in [7, 11) is 0. The number of nitrogen functional groups attached to an aromatic ring is 2. The lowest BCUT2D eigenvalue weighted by atomic mass is 9.88. The minimum absolute atomic E-state index is 0.418. The second-order valence-corrected chi connectivity index (χ2v) is 7.44. The third-order valence-electron chi connectivity index (χ3n) is 4.79. The van der Waals surface area contributed by atoms with E-state index in [0.717, 1.165) is 13.0 Å². The number of hydrogen-bond acceptors (Lipinski definition) is 3. The van der Waals surface area contributed by atoms with Gasteiger partial charge in [-0.05, 0) is 13.0 Å². The van der Waals surface area contributed by atoms with Crippen LogP contribution in [0, 0.1) is 6.92 Å². The van der Waals surface area contributed by atoms with Crippen molar-refractivity contribution in [3.05, 3.63) is 29.5 Å². The van der Waals surface area contributed by atoms with Crippen LogP contribution < -0.4 is 16.2 Å². The summed E-state index contributed by atoms with van der Waals surface area (Å²) in [5.74, 6) is -65.8. The molecule has 226 valence electrons. The van der Waals surface area contributed by atoms with Crippen LogP contribution in [0.1, 0.15) is 5.56 Å². The van der Waals surface area contributed by atoms with Gasteiger partial charge in [0.05, 0.1) is 0 Å². The lowest BCUT2D eigenvalue weighted by Crippen LogP contribution is -2.74. The maximum absolute atomic E-state index is 13.8. The average Bonchev–Trinajstić information content (AvgIpc) is 2.74. The van der Waals surface area contributed by atoms with Crippen molar-refractivity contribution in [2.24, 2.45) is 0 Å². The molecular formula is C17H9F19N2O. The summed E-state index contributed by atoms with van der Waals surface area (Å²) in [4.78, 5) is 0. The number of halogens is 19. The van der Waals surface area contributed by atoms with Crippen molar-refractivity contribution in [1.82, 2.24) is 0 Å². The Balaban J connectivity index is 3.72. The molecule has 0 spiro atoms. The van der Waals surface area contributed by atoms with Crippen LogP contribution in [0.5, 0.6) is 5.75 Å². The Morgan fingerprint density at radius 2 is 0.949 bits per heavy atom. The Bertz CT molecular complexity index is 1120. The third kappa shape index (κ3) is 4.72. The molecule has 0 unspecified atom stereocenters. The van der Waals surface area contributed by atoms with Crippen LogP contribution in [0.15, 0.2) is 24.0 Å².